The van der Waals surface area contributed by atoms with Crippen LogP contribution in [0.4, 0.5) is 4.79 Å². The number of hydrogen-bond acceptors (Lipinski definition) is 3. The Labute approximate surface area is 118 Å². The fourth-order valence-corrected chi connectivity index (χ4v) is 1.74. The van der Waals surface area contributed by atoms with Gasteiger partial charge in [0.1, 0.15) is 0 Å². The van der Waals surface area contributed by atoms with Crippen LogP contribution in [0.25, 0.3) is 0 Å². The lowest BCUT2D eigenvalue weighted by atomic mass is 10.1. The lowest BCUT2D eigenvalue weighted by Gasteiger charge is -2.07. The Kier molecular flexibility index (Phi) is 7.10. The standard InChI is InChI=1S/C14H21N3O3/c1-11-5-2-8-15-12(11)6-3-9-16-14(20)17-10-4-7-13(18)19/h2,5,8H,3-4,6-7,9-10H2,1H3,(H,18,19)(H2,16,17,20). The SMILES string of the molecule is Cc1cccnc1CCCNC(=O)NCCCC(=O)O. The van der Waals surface area contributed by atoms with E-state index in [1.54, 1.807) is 6.20 Å². The zero-order valence-corrected chi connectivity index (χ0v) is 11.7. The van der Waals surface area contributed by atoms with Crippen molar-refractivity contribution in [2.45, 2.75) is 32.6 Å². The first kappa shape index (κ1) is 15.9. The van der Waals surface area contributed by atoms with Gasteiger partial charge in [-0.2, -0.15) is 0 Å². The summed E-state index contributed by atoms with van der Waals surface area (Å²) in [5, 5.41) is 13.8. The van der Waals surface area contributed by atoms with E-state index in [1.807, 2.05) is 19.1 Å². The fourth-order valence-electron chi connectivity index (χ4n) is 1.74. The molecule has 1 aromatic heterocycles. The average molecular weight is 279 g/mol. The minimum Gasteiger partial charge on any atom is -0.481 e. The topological polar surface area (TPSA) is 91.3 Å². The lowest BCUT2D eigenvalue weighted by molar-refractivity contribution is -0.137. The van der Waals surface area contributed by atoms with Crippen molar-refractivity contribution < 1.29 is 14.7 Å². The number of pyridine rings is 1. The second-order valence-corrected chi connectivity index (χ2v) is 4.55. The normalized spacial score (nSPS) is 10.1. The molecule has 3 N–H and O–H groups in total. The summed E-state index contributed by atoms with van der Waals surface area (Å²) in [4.78, 5) is 26.0. The largest absolute Gasteiger partial charge is 0.481 e. The van der Waals surface area contributed by atoms with E-state index in [-0.39, 0.29) is 12.5 Å². The van der Waals surface area contributed by atoms with Crippen molar-refractivity contribution >= 4 is 12.0 Å². The van der Waals surface area contributed by atoms with Crippen LogP contribution in [0.15, 0.2) is 18.3 Å². The maximum Gasteiger partial charge on any atom is 0.314 e. The van der Waals surface area contributed by atoms with Gasteiger partial charge < -0.3 is 15.7 Å². The van der Waals surface area contributed by atoms with Gasteiger partial charge in [-0.05, 0) is 37.8 Å². The molecule has 0 saturated carbocycles. The van der Waals surface area contributed by atoms with Crippen LogP contribution in [0.5, 0.6) is 0 Å². The quantitative estimate of drug-likeness (QED) is 0.629. The summed E-state index contributed by atoms with van der Waals surface area (Å²) in [5.74, 6) is -0.849. The Balaban J connectivity index is 2.07. The highest BCUT2D eigenvalue weighted by molar-refractivity contribution is 5.73. The molecule has 6 heteroatoms. The number of hydrogen-bond donors (Lipinski definition) is 3. The molecule has 0 bridgehead atoms. The van der Waals surface area contributed by atoms with Crippen LogP contribution in [-0.2, 0) is 11.2 Å². The number of amides is 2. The van der Waals surface area contributed by atoms with Gasteiger partial charge in [0.15, 0.2) is 0 Å². The van der Waals surface area contributed by atoms with Crippen LogP contribution < -0.4 is 10.6 Å². The van der Waals surface area contributed by atoms with Crippen LogP contribution in [0.1, 0.15) is 30.5 Å². The molecule has 0 aliphatic heterocycles. The lowest BCUT2D eigenvalue weighted by Crippen LogP contribution is -2.36. The Hall–Kier alpha value is -2.11. The molecule has 0 aromatic carbocycles. The van der Waals surface area contributed by atoms with E-state index in [2.05, 4.69) is 15.6 Å². The summed E-state index contributed by atoms with van der Waals surface area (Å²) in [7, 11) is 0. The van der Waals surface area contributed by atoms with Crippen LogP contribution in [0.3, 0.4) is 0 Å². The van der Waals surface area contributed by atoms with E-state index in [0.717, 1.165) is 24.1 Å². The molecule has 0 unspecified atom stereocenters. The van der Waals surface area contributed by atoms with Gasteiger partial charge in [0.05, 0.1) is 0 Å². The molecule has 1 rings (SSSR count). The number of nitrogens with zero attached hydrogens (tertiary/aromatic N) is 1. The molecule has 6 nitrogen and oxygen atoms in total. The highest BCUT2D eigenvalue weighted by atomic mass is 16.4. The number of carboxylic acids is 1. The Morgan fingerprint density at radius 3 is 2.60 bits per heavy atom. The summed E-state index contributed by atoms with van der Waals surface area (Å²) in [6, 6.07) is 3.67. The van der Waals surface area contributed by atoms with Gasteiger partial charge >= 0.3 is 12.0 Å². The maximum atomic E-state index is 11.4. The molecule has 110 valence electrons. The number of urea groups is 1. The highest BCUT2D eigenvalue weighted by Crippen LogP contribution is 2.05. The van der Waals surface area contributed by atoms with E-state index in [4.69, 9.17) is 5.11 Å². The van der Waals surface area contributed by atoms with Crippen molar-refractivity contribution in [3.05, 3.63) is 29.6 Å². The van der Waals surface area contributed by atoms with E-state index >= 15 is 0 Å². The molecule has 1 heterocycles. The predicted molar refractivity (Wildman–Crippen MR) is 75.6 cm³/mol. The van der Waals surface area contributed by atoms with Crippen molar-refractivity contribution in [3.63, 3.8) is 0 Å². The molecular formula is C14H21N3O3. The molecule has 0 aliphatic rings. The third-order valence-corrected chi connectivity index (χ3v) is 2.85. The molecule has 0 atom stereocenters. The average Bonchev–Trinajstić information content (AvgIpc) is 2.41. The Morgan fingerprint density at radius 2 is 1.95 bits per heavy atom. The van der Waals surface area contributed by atoms with Gasteiger partial charge in [-0.1, -0.05) is 6.07 Å². The van der Waals surface area contributed by atoms with Gasteiger partial charge in [-0.25, -0.2) is 4.79 Å². The predicted octanol–water partition coefficient (Wildman–Crippen LogP) is 1.49. The van der Waals surface area contributed by atoms with E-state index < -0.39 is 5.97 Å². The van der Waals surface area contributed by atoms with Crippen LogP contribution in [-0.4, -0.2) is 35.2 Å². The van der Waals surface area contributed by atoms with E-state index in [9.17, 15) is 9.59 Å². The minimum absolute atomic E-state index is 0.0687. The molecule has 20 heavy (non-hydrogen) atoms. The first-order valence-electron chi connectivity index (χ1n) is 6.73. The van der Waals surface area contributed by atoms with Crippen LogP contribution >= 0.6 is 0 Å². The highest BCUT2D eigenvalue weighted by Gasteiger charge is 2.02. The molecule has 0 aliphatic carbocycles. The second kappa shape index (κ2) is 8.90. The van der Waals surface area contributed by atoms with Crippen LogP contribution in [0, 0.1) is 6.92 Å². The van der Waals surface area contributed by atoms with Crippen molar-refractivity contribution in [2.24, 2.45) is 0 Å². The number of carbonyl (C=O) groups excluding carboxylic acids is 1. The maximum absolute atomic E-state index is 11.4. The number of rotatable bonds is 8. The van der Waals surface area contributed by atoms with E-state index in [1.165, 1.54) is 0 Å². The van der Waals surface area contributed by atoms with Crippen molar-refractivity contribution in [2.75, 3.05) is 13.1 Å². The molecular weight excluding hydrogens is 258 g/mol. The number of nitrogens with one attached hydrogen (secondary N) is 2. The smallest absolute Gasteiger partial charge is 0.314 e. The third kappa shape index (κ3) is 6.72. The summed E-state index contributed by atoms with van der Waals surface area (Å²) in [6.07, 6.45) is 3.92. The Morgan fingerprint density at radius 1 is 1.25 bits per heavy atom. The Bertz CT molecular complexity index is 449. The van der Waals surface area contributed by atoms with Crippen molar-refractivity contribution in [1.82, 2.24) is 15.6 Å². The van der Waals surface area contributed by atoms with Crippen molar-refractivity contribution in [3.8, 4) is 0 Å². The van der Waals surface area contributed by atoms with Crippen molar-refractivity contribution in [1.29, 1.82) is 0 Å². The molecule has 0 fully saturated rings. The van der Waals surface area contributed by atoms with E-state index in [0.29, 0.717) is 19.5 Å². The summed E-state index contributed by atoms with van der Waals surface area (Å²) >= 11 is 0. The first-order chi connectivity index (χ1) is 9.59. The number of carbonyl (C=O) groups is 2. The molecule has 1 aromatic rings. The van der Waals surface area contributed by atoms with Gasteiger partial charge in [-0.3, -0.25) is 9.78 Å². The van der Waals surface area contributed by atoms with Gasteiger partial charge in [0.25, 0.3) is 0 Å². The number of aliphatic carboxylic acids is 1. The zero-order chi connectivity index (χ0) is 14.8. The van der Waals surface area contributed by atoms with Gasteiger partial charge in [-0.15, -0.1) is 0 Å². The number of aromatic nitrogens is 1. The monoisotopic (exact) mass is 279 g/mol. The fraction of sp³-hybridized carbons (Fsp3) is 0.500. The zero-order valence-electron chi connectivity index (χ0n) is 11.7. The molecule has 2 amide bonds. The van der Waals surface area contributed by atoms with Gasteiger partial charge in [0, 0.05) is 31.4 Å². The third-order valence-electron chi connectivity index (χ3n) is 2.85. The summed E-state index contributed by atoms with van der Waals surface area (Å²) in [6.45, 7) is 2.96. The minimum atomic E-state index is -0.849. The first-order valence-corrected chi connectivity index (χ1v) is 6.73. The number of aryl methyl sites for hydroxylation is 2. The summed E-state index contributed by atoms with van der Waals surface area (Å²) in [5.41, 5.74) is 2.21. The van der Waals surface area contributed by atoms with Crippen LogP contribution in [0.2, 0.25) is 0 Å². The molecule has 0 spiro atoms. The number of carboxylic acid groups (broad SMARTS) is 1. The molecule has 0 radical (unpaired) electrons. The second-order valence-electron chi connectivity index (χ2n) is 4.55. The molecule has 0 saturated heterocycles. The summed E-state index contributed by atoms with van der Waals surface area (Å²) < 4.78 is 0. The van der Waals surface area contributed by atoms with Gasteiger partial charge in [0.2, 0.25) is 0 Å².